The van der Waals surface area contributed by atoms with Crippen molar-refractivity contribution in [2.45, 2.75) is 25.8 Å². The first-order valence-electron chi connectivity index (χ1n) is 9.37. The van der Waals surface area contributed by atoms with Crippen LogP contribution < -0.4 is 0 Å². The lowest BCUT2D eigenvalue weighted by Gasteiger charge is -2.37. The zero-order valence-electron chi connectivity index (χ0n) is 15.4. The van der Waals surface area contributed by atoms with Gasteiger partial charge < -0.3 is 5.11 Å². The highest BCUT2D eigenvalue weighted by atomic mass is 16.4. The number of piperidine rings is 1. The van der Waals surface area contributed by atoms with Gasteiger partial charge in [0.15, 0.2) is 0 Å². The van der Waals surface area contributed by atoms with Gasteiger partial charge in [0.1, 0.15) is 0 Å². The van der Waals surface area contributed by atoms with Crippen LogP contribution in [0.1, 0.15) is 35.8 Å². The Kier molecular flexibility index (Phi) is 4.86. The Hall–Kier alpha value is -2.79. The molecule has 0 bridgehead atoms. The summed E-state index contributed by atoms with van der Waals surface area (Å²) in [6.45, 7) is 3.37. The zero-order chi connectivity index (χ0) is 18.8. The number of likely N-dealkylation sites (tertiary alicyclic amines) is 1. The fraction of sp³-hybridized carbons (Fsp3) is 0.318. The van der Waals surface area contributed by atoms with Crippen LogP contribution in [0, 0.1) is 12.8 Å². The second-order valence-electron chi connectivity index (χ2n) is 7.24. The molecule has 5 heteroatoms. The molecule has 1 fully saturated rings. The maximum Gasteiger partial charge on any atom is 0.307 e. The number of carboxylic acid groups (broad SMARTS) is 1. The number of carbonyl (C=O) groups is 1. The predicted molar refractivity (Wildman–Crippen MR) is 104 cm³/mol. The van der Waals surface area contributed by atoms with Gasteiger partial charge in [-0.05, 0) is 56.1 Å². The highest BCUT2D eigenvalue weighted by molar-refractivity contribution is 5.79. The molecule has 2 aromatic heterocycles. The average molecular weight is 361 g/mol. The monoisotopic (exact) mass is 361 g/mol. The van der Waals surface area contributed by atoms with E-state index >= 15 is 0 Å². The third-order valence-corrected chi connectivity index (χ3v) is 5.28. The van der Waals surface area contributed by atoms with Gasteiger partial charge in [0.05, 0.1) is 23.2 Å². The largest absolute Gasteiger partial charge is 0.481 e. The number of nitrogens with zero attached hydrogens (tertiary/aromatic N) is 3. The second-order valence-corrected chi connectivity index (χ2v) is 7.24. The molecule has 5 nitrogen and oxygen atoms in total. The van der Waals surface area contributed by atoms with Crippen molar-refractivity contribution < 1.29 is 9.90 Å². The summed E-state index contributed by atoms with van der Waals surface area (Å²) >= 11 is 0. The van der Waals surface area contributed by atoms with E-state index in [0.29, 0.717) is 6.54 Å². The first-order valence-corrected chi connectivity index (χ1v) is 9.37. The van der Waals surface area contributed by atoms with Crippen molar-refractivity contribution in [1.29, 1.82) is 0 Å². The lowest BCUT2D eigenvalue weighted by Crippen LogP contribution is -2.41. The summed E-state index contributed by atoms with van der Waals surface area (Å²) in [5.41, 5.74) is 3.91. The number of hydrogen-bond acceptors (Lipinski definition) is 4. The van der Waals surface area contributed by atoms with Crippen molar-refractivity contribution in [2.75, 3.05) is 13.1 Å². The Morgan fingerprint density at radius 1 is 1.22 bits per heavy atom. The quantitative estimate of drug-likeness (QED) is 0.765. The molecule has 4 rings (SSSR count). The van der Waals surface area contributed by atoms with Crippen molar-refractivity contribution in [3.8, 4) is 0 Å². The minimum Gasteiger partial charge on any atom is -0.481 e. The van der Waals surface area contributed by atoms with Gasteiger partial charge in [-0.3, -0.25) is 19.7 Å². The van der Waals surface area contributed by atoms with E-state index in [1.165, 1.54) is 0 Å². The number of aliphatic carboxylic acids is 1. The Morgan fingerprint density at radius 3 is 2.89 bits per heavy atom. The standard InChI is InChI=1S/C22H23N3O2/c1-15-6-4-10-20(24-15)21(25-11-5-8-17(14-25)22(26)27)18-12-16-7-2-3-9-19(16)23-13-18/h2-4,6-7,9-10,12-13,17,21H,5,8,11,14H2,1H3,(H,26,27). The molecule has 1 aliphatic heterocycles. The molecule has 27 heavy (non-hydrogen) atoms. The Labute approximate surface area is 158 Å². The van der Waals surface area contributed by atoms with Gasteiger partial charge in [-0.2, -0.15) is 0 Å². The minimum absolute atomic E-state index is 0.0934. The molecule has 0 amide bonds. The summed E-state index contributed by atoms with van der Waals surface area (Å²) in [7, 11) is 0. The van der Waals surface area contributed by atoms with Crippen LogP contribution in [0.4, 0.5) is 0 Å². The Morgan fingerprint density at radius 2 is 2.07 bits per heavy atom. The number of hydrogen-bond donors (Lipinski definition) is 1. The van der Waals surface area contributed by atoms with Crippen molar-refractivity contribution in [3.05, 3.63) is 71.7 Å². The molecular weight excluding hydrogens is 338 g/mol. The summed E-state index contributed by atoms with van der Waals surface area (Å²) in [5, 5.41) is 10.6. The van der Waals surface area contributed by atoms with Gasteiger partial charge >= 0.3 is 5.97 Å². The van der Waals surface area contributed by atoms with Crippen LogP contribution in [-0.2, 0) is 4.79 Å². The zero-order valence-corrected chi connectivity index (χ0v) is 15.4. The van der Waals surface area contributed by atoms with Gasteiger partial charge in [-0.1, -0.05) is 24.3 Å². The molecule has 2 atom stereocenters. The Balaban J connectivity index is 1.78. The molecule has 1 N–H and O–H groups in total. The number of aryl methyl sites for hydroxylation is 1. The van der Waals surface area contributed by atoms with Crippen molar-refractivity contribution in [2.24, 2.45) is 5.92 Å². The van der Waals surface area contributed by atoms with E-state index in [4.69, 9.17) is 4.98 Å². The molecule has 2 unspecified atom stereocenters. The number of benzene rings is 1. The van der Waals surface area contributed by atoms with Crippen molar-refractivity contribution >= 4 is 16.9 Å². The van der Waals surface area contributed by atoms with Crippen LogP contribution in [0.2, 0.25) is 0 Å². The first-order chi connectivity index (χ1) is 13.1. The molecule has 1 aliphatic rings. The first kappa shape index (κ1) is 17.6. The topological polar surface area (TPSA) is 66.3 Å². The lowest BCUT2D eigenvalue weighted by atomic mass is 9.93. The highest BCUT2D eigenvalue weighted by Crippen LogP contribution is 2.32. The molecule has 0 aliphatic carbocycles. The van der Waals surface area contributed by atoms with Gasteiger partial charge in [0.2, 0.25) is 0 Å². The van der Waals surface area contributed by atoms with Crippen LogP contribution in [0.3, 0.4) is 0 Å². The second kappa shape index (κ2) is 7.45. The van der Waals surface area contributed by atoms with E-state index in [9.17, 15) is 9.90 Å². The van der Waals surface area contributed by atoms with Crippen LogP contribution >= 0.6 is 0 Å². The molecule has 1 aromatic carbocycles. The number of carboxylic acids is 1. The van der Waals surface area contributed by atoms with E-state index in [-0.39, 0.29) is 12.0 Å². The average Bonchev–Trinajstić information content (AvgIpc) is 2.68. The van der Waals surface area contributed by atoms with E-state index in [1.807, 2.05) is 49.5 Å². The van der Waals surface area contributed by atoms with Gasteiger partial charge in [-0.15, -0.1) is 0 Å². The van der Waals surface area contributed by atoms with Crippen LogP contribution in [0.5, 0.6) is 0 Å². The van der Waals surface area contributed by atoms with E-state index in [2.05, 4.69) is 22.0 Å². The van der Waals surface area contributed by atoms with E-state index in [0.717, 1.165) is 47.2 Å². The van der Waals surface area contributed by atoms with Gasteiger partial charge in [-0.25, -0.2) is 0 Å². The number of aromatic nitrogens is 2. The van der Waals surface area contributed by atoms with Crippen molar-refractivity contribution in [1.82, 2.24) is 14.9 Å². The molecular formula is C22H23N3O2. The van der Waals surface area contributed by atoms with Gasteiger partial charge in [0.25, 0.3) is 0 Å². The smallest absolute Gasteiger partial charge is 0.307 e. The minimum atomic E-state index is -0.715. The normalized spacial score (nSPS) is 19.1. The number of fused-ring (bicyclic) bond motifs is 1. The molecule has 1 saturated heterocycles. The molecule has 0 spiro atoms. The summed E-state index contributed by atoms with van der Waals surface area (Å²) < 4.78 is 0. The third kappa shape index (κ3) is 3.69. The maximum atomic E-state index is 11.6. The predicted octanol–water partition coefficient (Wildman–Crippen LogP) is 3.82. The summed E-state index contributed by atoms with van der Waals surface area (Å²) in [5.74, 6) is -1.05. The van der Waals surface area contributed by atoms with E-state index in [1.54, 1.807) is 0 Å². The van der Waals surface area contributed by atoms with Crippen LogP contribution in [0.15, 0.2) is 54.7 Å². The molecule has 3 aromatic rings. The fourth-order valence-electron chi connectivity index (χ4n) is 3.97. The Bertz CT molecular complexity index is 972. The third-order valence-electron chi connectivity index (χ3n) is 5.28. The SMILES string of the molecule is Cc1cccc(C(c2cnc3ccccc3c2)N2CCCC(C(=O)O)C2)n1. The molecule has 0 radical (unpaired) electrons. The number of pyridine rings is 2. The van der Waals surface area contributed by atoms with Crippen LogP contribution in [0.25, 0.3) is 10.9 Å². The van der Waals surface area contributed by atoms with Gasteiger partial charge in [0, 0.05) is 23.8 Å². The molecule has 3 heterocycles. The molecule has 138 valence electrons. The lowest BCUT2D eigenvalue weighted by molar-refractivity contribution is -0.143. The summed E-state index contributed by atoms with van der Waals surface area (Å²) in [4.78, 5) is 23.2. The van der Waals surface area contributed by atoms with Crippen LogP contribution in [-0.4, -0.2) is 39.0 Å². The number of para-hydroxylation sites is 1. The highest BCUT2D eigenvalue weighted by Gasteiger charge is 2.32. The maximum absolute atomic E-state index is 11.6. The summed E-state index contributed by atoms with van der Waals surface area (Å²) in [6, 6.07) is 16.1. The summed E-state index contributed by atoms with van der Waals surface area (Å²) in [6.07, 6.45) is 3.51. The molecule has 0 saturated carbocycles. The number of rotatable bonds is 4. The van der Waals surface area contributed by atoms with Crippen molar-refractivity contribution in [3.63, 3.8) is 0 Å². The van der Waals surface area contributed by atoms with E-state index < -0.39 is 5.97 Å². The fourth-order valence-corrected chi connectivity index (χ4v) is 3.97.